The lowest BCUT2D eigenvalue weighted by Crippen LogP contribution is -2.40. The fourth-order valence-corrected chi connectivity index (χ4v) is 4.21. The largest absolute Gasteiger partial charge is 0.490 e. The van der Waals surface area contributed by atoms with Crippen LogP contribution in [-0.2, 0) is 17.8 Å². The third-order valence-electron chi connectivity index (χ3n) is 5.09. The van der Waals surface area contributed by atoms with Crippen LogP contribution in [0, 0.1) is 0 Å². The lowest BCUT2D eigenvalue weighted by molar-refractivity contribution is -0.117. The Balaban J connectivity index is 1.39. The summed E-state index contributed by atoms with van der Waals surface area (Å²) < 4.78 is 5.71. The molecular weight excluding hydrogens is 402 g/mol. The van der Waals surface area contributed by atoms with E-state index in [1.807, 2.05) is 30.5 Å². The van der Waals surface area contributed by atoms with E-state index in [2.05, 4.69) is 20.6 Å². The summed E-state index contributed by atoms with van der Waals surface area (Å²) in [4.78, 5) is 35.6. The smallest absolute Gasteiger partial charge is 0.257 e. The number of fused-ring (bicyclic) bond motifs is 2. The van der Waals surface area contributed by atoms with Crippen molar-refractivity contribution in [3.63, 3.8) is 0 Å². The summed E-state index contributed by atoms with van der Waals surface area (Å²) in [6.07, 6.45) is 2.47. The van der Waals surface area contributed by atoms with Crippen molar-refractivity contribution in [3.05, 3.63) is 58.2 Å². The third-order valence-corrected chi connectivity index (χ3v) is 5.72. The van der Waals surface area contributed by atoms with Gasteiger partial charge in [-0.05, 0) is 36.8 Å². The Hall–Kier alpha value is -3.46. The number of aromatic nitrogens is 2. The molecule has 2 N–H and O–H groups in total. The molecule has 0 saturated carbocycles. The number of ether oxygens (including phenoxy) is 1. The molecule has 2 aliphatic heterocycles. The number of anilines is 3. The molecule has 152 valence electrons. The van der Waals surface area contributed by atoms with Crippen LogP contribution >= 0.6 is 11.3 Å². The lowest BCUT2D eigenvalue weighted by atomic mass is 10.1. The van der Waals surface area contributed by atoms with Gasteiger partial charge in [0.2, 0.25) is 5.91 Å². The highest BCUT2D eigenvalue weighted by Gasteiger charge is 2.27. The molecule has 4 heterocycles. The van der Waals surface area contributed by atoms with Crippen molar-refractivity contribution < 1.29 is 14.3 Å². The molecule has 30 heavy (non-hydrogen) atoms. The summed E-state index contributed by atoms with van der Waals surface area (Å²) in [7, 11) is 0. The average Bonchev–Trinajstić information content (AvgIpc) is 3.38. The number of amides is 2. The van der Waals surface area contributed by atoms with Gasteiger partial charge in [0.25, 0.3) is 5.91 Å². The van der Waals surface area contributed by atoms with Crippen LogP contribution in [0.25, 0.3) is 0 Å². The summed E-state index contributed by atoms with van der Waals surface area (Å²) in [5.41, 5.74) is 5.25. The number of hydrogen-bond donors (Lipinski definition) is 2. The van der Waals surface area contributed by atoms with Gasteiger partial charge in [0.05, 0.1) is 35.5 Å². The Labute approximate surface area is 176 Å². The van der Waals surface area contributed by atoms with Gasteiger partial charge in [-0.25, -0.2) is 9.97 Å². The zero-order valence-electron chi connectivity index (χ0n) is 16.2. The van der Waals surface area contributed by atoms with E-state index in [1.165, 1.54) is 17.5 Å². The Kier molecular flexibility index (Phi) is 4.59. The molecule has 0 fully saturated rings. The van der Waals surface area contributed by atoms with E-state index in [1.54, 1.807) is 16.5 Å². The molecular formula is C21H19N5O3S. The van der Waals surface area contributed by atoms with Gasteiger partial charge in [-0.2, -0.15) is 0 Å². The van der Waals surface area contributed by atoms with Gasteiger partial charge in [0, 0.05) is 23.7 Å². The Morgan fingerprint density at radius 1 is 1.37 bits per heavy atom. The Morgan fingerprint density at radius 3 is 3.10 bits per heavy atom. The summed E-state index contributed by atoms with van der Waals surface area (Å²) in [5.74, 6) is 1.05. The molecule has 9 heteroatoms. The van der Waals surface area contributed by atoms with Crippen molar-refractivity contribution in [1.29, 1.82) is 0 Å². The minimum Gasteiger partial charge on any atom is -0.490 e. The average molecular weight is 421 g/mol. The van der Waals surface area contributed by atoms with Crippen LogP contribution in [0.4, 0.5) is 17.2 Å². The van der Waals surface area contributed by atoms with E-state index in [4.69, 9.17) is 4.74 Å². The van der Waals surface area contributed by atoms with Crippen molar-refractivity contribution in [3.8, 4) is 5.75 Å². The standard InChI is InChI=1S/C21H19N5O3S/c1-12-4-13-5-15(2-3-18(13)29-12)25-21(28)14-6-17-20(22-7-14)23-8-19(27)26(17)9-16-10-30-11-24-16/h2-3,5-7,10-12H,4,8-9H2,1H3,(H,22,23)(H,25,28). The molecule has 2 aliphatic rings. The minimum atomic E-state index is -0.288. The van der Waals surface area contributed by atoms with Crippen LogP contribution in [0.3, 0.4) is 0 Å². The maximum Gasteiger partial charge on any atom is 0.257 e. The normalized spacial score (nSPS) is 17.0. The zero-order chi connectivity index (χ0) is 20.7. The number of thiazole rings is 1. The van der Waals surface area contributed by atoms with Gasteiger partial charge in [-0.1, -0.05) is 0 Å². The van der Waals surface area contributed by atoms with Crippen molar-refractivity contribution >= 4 is 40.3 Å². The number of carbonyl (C=O) groups excluding carboxylic acids is 2. The molecule has 0 radical (unpaired) electrons. The number of benzene rings is 1. The van der Waals surface area contributed by atoms with E-state index >= 15 is 0 Å². The van der Waals surface area contributed by atoms with E-state index in [-0.39, 0.29) is 24.5 Å². The number of nitrogens with one attached hydrogen (secondary N) is 2. The van der Waals surface area contributed by atoms with Crippen LogP contribution in [0.15, 0.2) is 41.4 Å². The molecule has 0 bridgehead atoms. The van der Waals surface area contributed by atoms with Crippen molar-refractivity contribution in [2.24, 2.45) is 0 Å². The first-order chi connectivity index (χ1) is 14.6. The fraction of sp³-hybridized carbons (Fsp3) is 0.238. The van der Waals surface area contributed by atoms with Gasteiger partial charge in [0.1, 0.15) is 11.9 Å². The van der Waals surface area contributed by atoms with Gasteiger partial charge in [0.15, 0.2) is 5.82 Å². The van der Waals surface area contributed by atoms with Gasteiger partial charge in [-0.3, -0.25) is 9.59 Å². The minimum absolute atomic E-state index is 0.0948. The van der Waals surface area contributed by atoms with Crippen LogP contribution < -0.4 is 20.3 Å². The summed E-state index contributed by atoms with van der Waals surface area (Å²) in [5, 5.41) is 7.82. The summed E-state index contributed by atoms with van der Waals surface area (Å²) in [6, 6.07) is 7.31. The molecule has 8 nitrogen and oxygen atoms in total. The number of pyridine rings is 1. The molecule has 2 amide bonds. The highest BCUT2D eigenvalue weighted by atomic mass is 32.1. The molecule has 2 aromatic heterocycles. The molecule has 1 atom stereocenters. The predicted molar refractivity (Wildman–Crippen MR) is 114 cm³/mol. The molecule has 0 aliphatic carbocycles. The second-order valence-corrected chi connectivity index (χ2v) is 8.03. The quantitative estimate of drug-likeness (QED) is 0.672. The summed E-state index contributed by atoms with van der Waals surface area (Å²) in [6.45, 7) is 2.52. The summed E-state index contributed by atoms with van der Waals surface area (Å²) >= 11 is 1.48. The number of rotatable bonds is 4. The van der Waals surface area contributed by atoms with Crippen LogP contribution in [0.1, 0.15) is 28.5 Å². The predicted octanol–water partition coefficient (Wildman–Crippen LogP) is 3.07. The first-order valence-corrected chi connectivity index (χ1v) is 10.5. The van der Waals surface area contributed by atoms with E-state index < -0.39 is 0 Å². The Morgan fingerprint density at radius 2 is 2.27 bits per heavy atom. The van der Waals surface area contributed by atoms with Crippen LogP contribution in [-0.4, -0.2) is 34.4 Å². The number of carbonyl (C=O) groups is 2. The third kappa shape index (κ3) is 3.48. The van der Waals surface area contributed by atoms with Crippen molar-refractivity contribution in [1.82, 2.24) is 9.97 Å². The lowest BCUT2D eigenvalue weighted by Gasteiger charge is -2.29. The van der Waals surface area contributed by atoms with Crippen molar-refractivity contribution in [2.45, 2.75) is 26.0 Å². The van der Waals surface area contributed by atoms with E-state index in [9.17, 15) is 9.59 Å². The Bertz CT molecular complexity index is 1130. The molecule has 1 aromatic carbocycles. The van der Waals surface area contributed by atoms with Gasteiger partial charge >= 0.3 is 0 Å². The second-order valence-electron chi connectivity index (χ2n) is 7.31. The van der Waals surface area contributed by atoms with Crippen LogP contribution in [0.2, 0.25) is 0 Å². The molecule has 3 aromatic rings. The molecule has 1 unspecified atom stereocenters. The van der Waals surface area contributed by atoms with Crippen molar-refractivity contribution in [2.75, 3.05) is 22.1 Å². The monoisotopic (exact) mass is 421 g/mol. The topological polar surface area (TPSA) is 96.5 Å². The molecule has 0 spiro atoms. The van der Waals surface area contributed by atoms with Gasteiger partial charge < -0.3 is 20.3 Å². The van der Waals surface area contributed by atoms with Gasteiger partial charge in [-0.15, -0.1) is 11.3 Å². The fourth-order valence-electron chi connectivity index (χ4n) is 3.66. The molecule has 5 rings (SSSR count). The number of hydrogen-bond acceptors (Lipinski definition) is 7. The van der Waals surface area contributed by atoms with Crippen LogP contribution in [0.5, 0.6) is 5.75 Å². The van der Waals surface area contributed by atoms with E-state index in [0.29, 0.717) is 29.3 Å². The maximum absolute atomic E-state index is 12.9. The maximum atomic E-state index is 12.9. The highest BCUT2D eigenvalue weighted by molar-refractivity contribution is 7.07. The molecule has 0 saturated heterocycles. The second kappa shape index (κ2) is 7.42. The van der Waals surface area contributed by atoms with E-state index in [0.717, 1.165) is 23.4 Å². The first kappa shape index (κ1) is 18.6. The SMILES string of the molecule is CC1Cc2cc(NC(=O)c3cnc4c(c3)N(Cc3cscn3)C(=O)CN4)ccc2O1. The highest BCUT2D eigenvalue weighted by Crippen LogP contribution is 2.32. The zero-order valence-corrected chi connectivity index (χ0v) is 17.0. The first-order valence-electron chi connectivity index (χ1n) is 9.59. The number of nitrogens with zero attached hydrogens (tertiary/aromatic N) is 3.